The summed E-state index contributed by atoms with van der Waals surface area (Å²) in [4.78, 5) is 5.61. The minimum Gasteiger partial charge on any atom is -0.301 e. The standard InChI is InChI=1S/C34H40F3N5/c1-5-14-40-19-24(3)33(38-40)32(27-10-6-11-27)28-12-7-13-29(17-28)41-22-31-30(34(35,36)37)16-26(21-42(31)25(41)4)20-39-15-8-9-23(2)18-39/h7,9,12-13,16-17,19,21-22,27,32H,4-6,8,10-11,14-15,18,20H2,1-3H3. The number of halogens is 3. The predicted molar refractivity (Wildman–Crippen MR) is 161 cm³/mol. The van der Waals surface area contributed by atoms with E-state index in [0.717, 1.165) is 62.3 Å². The summed E-state index contributed by atoms with van der Waals surface area (Å²) in [5, 5.41) is 5.00. The van der Waals surface area contributed by atoms with Crippen LogP contribution in [0.2, 0.25) is 0 Å². The predicted octanol–water partition coefficient (Wildman–Crippen LogP) is 8.01. The molecule has 1 unspecified atom stereocenters. The number of aryl methyl sites for hydroxylation is 2. The Morgan fingerprint density at radius 3 is 2.62 bits per heavy atom. The van der Waals surface area contributed by atoms with Gasteiger partial charge in [-0.05, 0) is 80.4 Å². The first kappa shape index (κ1) is 28.6. The van der Waals surface area contributed by atoms with E-state index >= 15 is 0 Å². The molecule has 1 aromatic carbocycles. The van der Waals surface area contributed by atoms with Crippen molar-refractivity contribution in [1.29, 1.82) is 0 Å². The third-order valence-corrected chi connectivity index (χ3v) is 8.95. The summed E-state index contributed by atoms with van der Waals surface area (Å²) >= 11 is 0. The van der Waals surface area contributed by atoms with E-state index in [1.807, 2.05) is 23.0 Å². The maximum absolute atomic E-state index is 14.4. The third-order valence-electron chi connectivity index (χ3n) is 8.95. The van der Waals surface area contributed by atoms with Gasteiger partial charge < -0.3 is 9.80 Å². The van der Waals surface area contributed by atoms with E-state index in [2.05, 4.69) is 56.7 Å². The van der Waals surface area contributed by atoms with E-state index in [4.69, 9.17) is 5.10 Å². The number of fused-ring (bicyclic) bond motifs is 1. The largest absolute Gasteiger partial charge is 0.418 e. The lowest BCUT2D eigenvalue weighted by Gasteiger charge is -2.34. The number of benzene rings is 1. The Balaban J connectivity index is 1.32. The Morgan fingerprint density at radius 2 is 1.93 bits per heavy atom. The minimum atomic E-state index is -4.48. The van der Waals surface area contributed by atoms with Gasteiger partial charge in [-0.2, -0.15) is 18.3 Å². The number of allylic oxidation sites excluding steroid dienone is 1. The Bertz CT molecular complexity index is 1490. The second-order valence-corrected chi connectivity index (χ2v) is 12.2. The molecule has 8 heteroatoms. The highest BCUT2D eigenvalue weighted by molar-refractivity contribution is 5.64. The summed E-state index contributed by atoms with van der Waals surface area (Å²) in [6.45, 7) is 13.6. The Hall–Kier alpha value is -3.52. The minimum absolute atomic E-state index is 0.112. The van der Waals surface area contributed by atoms with Crippen molar-refractivity contribution in [3.8, 4) is 0 Å². The van der Waals surface area contributed by atoms with E-state index in [0.29, 0.717) is 23.9 Å². The molecule has 1 saturated carbocycles. The number of hydrogen-bond donors (Lipinski definition) is 0. The second-order valence-electron chi connectivity index (χ2n) is 12.2. The van der Waals surface area contributed by atoms with Crippen molar-refractivity contribution in [3.63, 3.8) is 0 Å². The molecule has 0 saturated heterocycles. The van der Waals surface area contributed by atoms with Gasteiger partial charge in [0.2, 0.25) is 0 Å². The van der Waals surface area contributed by atoms with Crippen molar-refractivity contribution < 1.29 is 13.2 Å². The summed E-state index contributed by atoms with van der Waals surface area (Å²) in [5.41, 5.74) is 5.62. The van der Waals surface area contributed by atoms with Gasteiger partial charge in [-0.3, -0.25) is 9.58 Å². The normalized spacial score (nSPS) is 20.6. The number of anilines is 1. The molecule has 42 heavy (non-hydrogen) atoms. The van der Waals surface area contributed by atoms with Crippen LogP contribution in [-0.4, -0.2) is 45.4 Å². The van der Waals surface area contributed by atoms with E-state index < -0.39 is 11.7 Å². The fourth-order valence-corrected chi connectivity index (χ4v) is 6.72. The highest BCUT2D eigenvalue weighted by atomic mass is 19.4. The van der Waals surface area contributed by atoms with Crippen molar-refractivity contribution in [1.82, 2.24) is 19.6 Å². The number of rotatable bonds is 8. The van der Waals surface area contributed by atoms with Crippen LogP contribution in [0.4, 0.5) is 18.9 Å². The quantitative estimate of drug-likeness (QED) is 0.298. The van der Waals surface area contributed by atoms with Gasteiger partial charge in [-0.25, -0.2) is 0 Å². The molecule has 1 aromatic heterocycles. The first-order valence-corrected chi connectivity index (χ1v) is 15.1. The molecule has 4 aliphatic rings. The molecule has 3 aliphatic heterocycles. The Labute approximate surface area is 247 Å². The molecule has 0 bridgehead atoms. The molecule has 222 valence electrons. The topological polar surface area (TPSA) is 27.5 Å². The monoisotopic (exact) mass is 575 g/mol. The highest BCUT2D eigenvalue weighted by Crippen LogP contribution is 2.46. The first-order valence-electron chi connectivity index (χ1n) is 15.1. The van der Waals surface area contributed by atoms with Gasteiger partial charge in [0.15, 0.2) is 0 Å². The molecule has 0 radical (unpaired) electrons. The molecule has 1 aliphatic carbocycles. The van der Waals surface area contributed by atoms with Crippen LogP contribution in [0.25, 0.3) is 0 Å². The first-order chi connectivity index (χ1) is 20.1. The number of nitrogens with zero attached hydrogens (tertiary/aromatic N) is 5. The Kier molecular flexibility index (Phi) is 7.68. The Morgan fingerprint density at radius 1 is 1.12 bits per heavy atom. The number of aromatic nitrogens is 2. The van der Waals surface area contributed by atoms with Gasteiger partial charge in [0, 0.05) is 56.4 Å². The maximum atomic E-state index is 14.4. The average Bonchev–Trinajstić information content (AvgIpc) is 3.44. The van der Waals surface area contributed by atoms with Gasteiger partial charge in [-0.15, -0.1) is 0 Å². The third kappa shape index (κ3) is 5.49. The zero-order valence-electron chi connectivity index (χ0n) is 24.8. The SMILES string of the molecule is C=C1N2C=C(CN3CCC=C(C)C3)C=C(C(F)(F)F)C2=CN1c1cccc(C(c2nn(CCC)cc2C)C2CCC2)c1. The summed E-state index contributed by atoms with van der Waals surface area (Å²) in [5.74, 6) is 1.16. The zero-order chi connectivity index (χ0) is 29.6. The average molecular weight is 576 g/mol. The molecule has 1 atom stereocenters. The molecule has 6 rings (SSSR count). The fraction of sp³-hybridized carbons (Fsp3) is 0.441. The number of alkyl halides is 3. The van der Waals surface area contributed by atoms with Crippen LogP contribution in [0, 0.1) is 12.8 Å². The molecular weight excluding hydrogens is 535 g/mol. The van der Waals surface area contributed by atoms with E-state index in [-0.39, 0.29) is 11.6 Å². The molecular formula is C34H40F3N5. The van der Waals surface area contributed by atoms with Crippen molar-refractivity contribution >= 4 is 5.69 Å². The maximum Gasteiger partial charge on any atom is 0.418 e. The van der Waals surface area contributed by atoms with Gasteiger partial charge in [0.25, 0.3) is 0 Å². The summed E-state index contributed by atoms with van der Waals surface area (Å²) in [6.07, 6.45) is 10.0. The van der Waals surface area contributed by atoms with Crippen LogP contribution in [0.1, 0.15) is 68.7 Å². The lowest BCUT2D eigenvalue weighted by molar-refractivity contribution is -0.0909. The second kappa shape index (κ2) is 11.3. The van der Waals surface area contributed by atoms with Crippen LogP contribution in [0.5, 0.6) is 0 Å². The fourth-order valence-electron chi connectivity index (χ4n) is 6.72. The van der Waals surface area contributed by atoms with Gasteiger partial charge >= 0.3 is 6.18 Å². The highest BCUT2D eigenvalue weighted by Gasteiger charge is 2.43. The molecule has 0 spiro atoms. The van der Waals surface area contributed by atoms with Crippen LogP contribution < -0.4 is 4.90 Å². The van der Waals surface area contributed by atoms with Crippen LogP contribution in [0.3, 0.4) is 0 Å². The van der Waals surface area contributed by atoms with Crippen molar-refractivity contribution in [2.75, 3.05) is 24.5 Å². The van der Waals surface area contributed by atoms with Crippen molar-refractivity contribution in [2.45, 2.75) is 71.5 Å². The zero-order valence-corrected chi connectivity index (χ0v) is 24.8. The molecule has 4 heterocycles. The van der Waals surface area contributed by atoms with Crippen LogP contribution in [-0.2, 0) is 6.54 Å². The molecule has 0 amide bonds. The van der Waals surface area contributed by atoms with Crippen molar-refractivity contribution in [3.05, 3.63) is 107 Å². The lowest BCUT2D eigenvalue weighted by Crippen LogP contribution is -2.33. The summed E-state index contributed by atoms with van der Waals surface area (Å²) < 4.78 is 45.2. The van der Waals surface area contributed by atoms with E-state index in [1.165, 1.54) is 23.6 Å². The smallest absolute Gasteiger partial charge is 0.301 e. The van der Waals surface area contributed by atoms with Gasteiger partial charge in [-0.1, -0.05) is 43.7 Å². The van der Waals surface area contributed by atoms with Crippen LogP contribution in [0.15, 0.2) is 89.8 Å². The summed E-state index contributed by atoms with van der Waals surface area (Å²) in [7, 11) is 0. The molecule has 5 nitrogen and oxygen atoms in total. The molecule has 0 N–H and O–H groups in total. The molecule has 1 fully saturated rings. The van der Waals surface area contributed by atoms with Crippen LogP contribution >= 0.6 is 0 Å². The molecule has 2 aromatic rings. The van der Waals surface area contributed by atoms with E-state index in [1.54, 1.807) is 16.0 Å². The lowest BCUT2D eigenvalue weighted by atomic mass is 9.71. The van der Waals surface area contributed by atoms with Gasteiger partial charge in [0.1, 0.15) is 5.82 Å². The van der Waals surface area contributed by atoms with Crippen molar-refractivity contribution in [2.24, 2.45) is 5.92 Å². The summed E-state index contributed by atoms with van der Waals surface area (Å²) in [6, 6.07) is 8.21. The number of hydrogen-bond acceptors (Lipinski definition) is 4. The van der Waals surface area contributed by atoms with Gasteiger partial charge in [0.05, 0.1) is 17.0 Å². The van der Waals surface area contributed by atoms with E-state index in [9.17, 15) is 13.2 Å².